The van der Waals surface area contributed by atoms with Crippen LogP contribution in [-0.4, -0.2) is 50.6 Å². The summed E-state index contributed by atoms with van der Waals surface area (Å²) in [5.41, 5.74) is 2.18. The fourth-order valence-electron chi connectivity index (χ4n) is 2.99. The van der Waals surface area contributed by atoms with Gasteiger partial charge in [0.25, 0.3) is 0 Å². The molecule has 0 spiro atoms. The third-order valence-corrected chi connectivity index (χ3v) is 4.33. The molecular formula is C18H30FIN4. The molecule has 1 fully saturated rings. The van der Waals surface area contributed by atoms with Gasteiger partial charge in [0.1, 0.15) is 5.82 Å². The number of rotatable bonds is 6. The molecule has 136 valence electrons. The van der Waals surface area contributed by atoms with Crippen LogP contribution in [0.5, 0.6) is 0 Å². The molecule has 1 aliphatic rings. The zero-order valence-corrected chi connectivity index (χ0v) is 17.3. The number of nitrogens with one attached hydrogen (secondary N) is 2. The fourth-order valence-corrected chi connectivity index (χ4v) is 2.99. The second-order valence-electron chi connectivity index (χ2n) is 6.38. The average molecular weight is 448 g/mol. The van der Waals surface area contributed by atoms with Gasteiger partial charge in [0.15, 0.2) is 5.96 Å². The minimum absolute atomic E-state index is 0. The lowest BCUT2D eigenvalue weighted by Gasteiger charge is -2.14. The van der Waals surface area contributed by atoms with E-state index in [1.807, 2.05) is 13.0 Å². The normalized spacial score (nSPS) is 18.3. The van der Waals surface area contributed by atoms with Crippen LogP contribution in [0, 0.1) is 18.7 Å². The number of halogens is 2. The molecule has 0 bridgehead atoms. The second-order valence-corrected chi connectivity index (χ2v) is 6.38. The van der Waals surface area contributed by atoms with Crippen LogP contribution in [0.25, 0.3) is 0 Å². The lowest BCUT2D eigenvalue weighted by molar-refractivity contribution is 0.397. The summed E-state index contributed by atoms with van der Waals surface area (Å²) in [5, 5.41) is 6.67. The van der Waals surface area contributed by atoms with Crippen LogP contribution in [0.2, 0.25) is 0 Å². The number of nitrogens with zero attached hydrogens (tertiary/aromatic N) is 2. The molecule has 0 aliphatic carbocycles. The Balaban J connectivity index is 0.00000288. The lowest BCUT2D eigenvalue weighted by Crippen LogP contribution is -2.38. The lowest BCUT2D eigenvalue weighted by atomic mass is 10.1. The number of hydrogen-bond acceptors (Lipinski definition) is 2. The number of aryl methyl sites for hydroxylation is 1. The number of benzene rings is 1. The molecular weight excluding hydrogens is 418 g/mol. The Kier molecular flexibility index (Phi) is 9.58. The van der Waals surface area contributed by atoms with Crippen LogP contribution in [0.1, 0.15) is 24.5 Å². The van der Waals surface area contributed by atoms with Crippen molar-refractivity contribution in [1.82, 2.24) is 15.5 Å². The first-order chi connectivity index (χ1) is 11.1. The van der Waals surface area contributed by atoms with Crippen molar-refractivity contribution in [2.45, 2.75) is 26.7 Å². The molecule has 1 unspecified atom stereocenters. The van der Waals surface area contributed by atoms with Crippen molar-refractivity contribution in [3.05, 3.63) is 35.1 Å². The molecule has 0 amide bonds. The molecule has 1 atom stereocenters. The summed E-state index contributed by atoms with van der Waals surface area (Å²) in [6.07, 6.45) is 2.09. The topological polar surface area (TPSA) is 39.7 Å². The Morgan fingerprint density at radius 3 is 2.79 bits per heavy atom. The number of aliphatic imine (C=N–C) groups is 1. The van der Waals surface area contributed by atoms with Crippen molar-refractivity contribution < 1.29 is 4.39 Å². The van der Waals surface area contributed by atoms with Crippen LogP contribution >= 0.6 is 24.0 Å². The zero-order chi connectivity index (χ0) is 16.7. The predicted octanol–water partition coefficient (Wildman–Crippen LogP) is 2.80. The summed E-state index contributed by atoms with van der Waals surface area (Å²) in [4.78, 5) is 7.06. The van der Waals surface area contributed by atoms with Gasteiger partial charge in [0.05, 0.1) is 0 Å². The van der Waals surface area contributed by atoms with Crippen LogP contribution in [-0.2, 0) is 6.42 Å². The van der Waals surface area contributed by atoms with Gasteiger partial charge in [0, 0.05) is 26.2 Å². The van der Waals surface area contributed by atoms with Crippen LogP contribution in [0.3, 0.4) is 0 Å². The van der Waals surface area contributed by atoms with Crippen molar-refractivity contribution in [3.63, 3.8) is 0 Å². The molecule has 1 aliphatic heterocycles. The monoisotopic (exact) mass is 448 g/mol. The first-order valence-corrected chi connectivity index (χ1v) is 8.54. The van der Waals surface area contributed by atoms with Gasteiger partial charge in [-0.2, -0.15) is 0 Å². The maximum atomic E-state index is 13.1. The molecule has 0 saturated carbocycles. The molecule has 1 heterocycles. The molecule has 24 heavy (non-hydrogen) atoms. The van der Waals surface area contributed by atoms with Crippen molar-refractivity contribution in [2.75, 3.05) is 39.8 Å². The molecule has 1 aromatic rings. The highest BCUT2D eigenvalue weighted by molar-refractivity contribution is 14.0. The van der Waals surface area contributed by atoms with E-state index in [0.29, 0.717) is 5.92 Å². The molecule has 1 aromatic carbocycles. The maximum Gasteiger partial charge on any atom is 0.191 e. The Morgan fingerprint density at radius 2 is 2.17 bits per heavy atom. The van der Waals surface area contributed by atoms with E-state index in [4.69, 9.17) is 4.99 Å². The maximum absolute atomic E-state index is 13.1. The molecule has 4 nitrogen and oxygen atoms in total. The van der Waals surface area contributed by atoms with E-state index in [-0.39, 0.29) is 29.8 Å². The summed E-state index contributed by atoms with van der Waals surface area (Å²) in [5.74, 6) is 1.37. The Bertz CT molecular complexity index is 536. The number of hydrogen-bond donors (Lipinski definition) is 2. The largest absolute Gasteiger partial charge is 0.357 e. The first-order valence-electron chi connectivity index (χ1n) is 8.54. The molecule has 2 rings (SSSR count). The summed E-state index contributed by atoms with van der Waals surface area (Å²) in [6.45, 7) is 8.86. The summed E-state index contributed by atoms with van der Waals surface area (Å²) in [7, 11) is 2.16. The van der Waals surface area contributed by atoms with Crippen LogP contribution in [0.15, 0.2) is 23.2 Å². The summed E-state index contributed by atoms with van der Waals surface area (Å²) in [6, 6.07) is 4.98. The van der Waals surface area contributed by atoms with Crippen LogP contribution in [0.4, 0.5) is 4.39 Å². The van der Waals surface area contributed by atoms with E-state index < -0.39 is 0 Å². The van der Waals surface area contributed by atoms with E-state index >= 15 is 0 Å². The van der Waals surface area contributed by atoms with E-state index in [1.165, 1.54) is 24.6 Å². The van der Waals surface area contributed by atoms with E-state index in [9.17, 15) is 4.39 Å². The molecule has 1 saturated heterocycles. The Labute approximate surface area is 162 Å². The van der Waals surface area contributed by atoms with Gasteiger partial charge >= 0.3 is 0 Å². The van der Waals surface area contributed by atoms with Gasteiger partial charge in [-0.3, -0.25) is 4.99 Å². The van der Waals surface area contributed by atoms with Gasteiger partial charge in [-0.1, -0.05) is 6.07 Å². The van der Waals surface area contributed by atoms with E-state index in [1.54, 1.807) is 6.07 Å². The highest BCUT2D eigenvalue weighted by Gasteiger charge is 2.18. The fraction of sp³-hybridized carbons (Fsp3) is 0.611. The van der Waals surface area contributed by atoms with E-state index in [2.05, 4.69) is 29.5 Å². The van der Waals surface area contributed by atoms with Gasteiger partial charge in [0.2, 0.25) is 0 Å². The summed E-state index contributed by atoms with van der Waals surface area (Å²) >= 11 is 0. The first kappa shape index (κ1) is 21.2. The number of guanidine groups is 1. The highest BCUT2D eigenvalue weighted by atomic mass is 127. The smallest absolute Gasteiger partial charge is 0.191 e. The average Bonchev–Trinajstić information content (AvgIpc) is 2.92. The zero-order valence-electron chi connectivity index (χ0n) is 14.9. The molecule has 0 radical (unpaired) electrons. The molecule has 6 heteroatoms. The van der Waals surface area contributed by atoms with E-state index in [0.717, 1.165) is 44.1 Å². The molecule has 2 N–H and O–H groups in total. The SMILES string of the molecule is CCNC(=NCC1CCN(C)C1)NCCc1ccc(F)cc1C.I. The minimum Gasteiger partial charge on any atom is -0.357 e. The quantitative estimate of drug-likeness (QED) is 0.400. The molecule has 0 aromatic heterocycles. The predicted molar refractivity (Wildman–Crippen MR) is 110 cm³/mol. The van der Waals surface area contributed by atoms with Crippen molar-refractivity contribution in [2.24, 2.45) is 10.9 Å². The second kappa shape index (κ2) is 10.9. The third kappa shape index (κ3) is 6.93. The van der Waals surface area contributed by atoms with Gasteiger partial charge in [-0.25, -0.2) is 4.39 Å². The summed E-state index contributed by atoms with van der Waals surface area (Å²) < 4.78 is 13.1. The Morgan fingerprint density at radius 1 is 1.38 bits per heavy atom. The third-order valence-electron chi connectivity index (χ3n) is 4.33. The van der Waals surface area contributed by atoms with Crippen LogP contribution < -0.4 is 10.6 Å². The van der Waals surface area contributed by atoms with Gasteiger partial charge in [-0.15, -0.1) is 24.0 Å². The van der Waals surface area contributed by atoms with Gasteiger partial charge in [-0.05, 0) is 69.5 Å². The Hall–Kier alpha value is -0.890. The standard InChI is InChI=1S/C18H29FN4.HI/c1-4-20-18(22-12-15-8-10-23(3)13-15)21-9-7-16-5-6-17(19)11-14(16)2;/h5-6,11,15H,4,7-10,12-13H2,1-3H3,(H2,20,21,22);1H. The number of likely N-dealkylation sites (tertiary alicyclic amines) is 1. The van der Waals surface area contributed by atoms with Crippen molar-refractivity contribution in [1.29, 1.82) is 0 Å². The minimum atomic E-state index is -0.171. The van der Waals surface area contributed by atoms with Gasteiger partial charge < -0.3 is 15.5 Å². The van der Waals surface area contributed by atoms with Crippen molar-refractivity contribution in [3.8, 4) is 0 Å². The highest BCUT2D eigenvalue weighted by Crippen LogP contribution is 2.14. The van der Waals surface area contributed by atoms with Crippen molar-refractivity contribution >= 4 is 29.9 Å².